The van der Waals surface area contributed by atoms with Crippen LogP contribution in [0.15, 0.2) is 24.3 Å². The van der Waals surface area contributed by atoms with Crippen LogP contribution >= 0.6 is 0 Å². The van der Waals surface area contributed by atoms with E-state index >= 15 is 0 Å². The number of benzene rings is 1. The fourth-order valence-electron chi connectivity index (χ4n) is 4.29. The number of hydrogen-bond acceptors (Lipinski definition) is 3. The van der Waals surface area contributed by atoms with Gasteiger partial charge < -0.3 is 14.2 Å². The molecule has 2 fully saturated rings. The first-order valence-electron chi connectivity index (χ1n) is 9.55. The van der Waals surface area contributed by atoms with Crippen LogP contribution in [0.2, 0.25) is 0 Å². The molecule has 2 saturated heterocycles. The number of fused-ring (bicyclic) bond motifs is 1. The standard InChI is InChI=1S/C20H27N3O2/c1-3-18-21-16-6-4-5-7-17(16)23(18)15-8-11-22(12-9-15)20(24)19-14(2)10-13-25-19/h4-7,14-15,19H,3,8-13H2,1-2H3/t14-,19+/m0/s1. The third-order valence-electron chi connectivity index (χ3n) is 5.76. The summed E-state index contributed by atoms with van der Waals surface area (Å²) in [6, 6.07) is 8.80. The Labute approximate surface area is 149 Å². The number of aromatic nitrogens is 2. The number of ether oxygens (including phenoxy) is 1. The lowest BCUT2D eigenvalue weighted by molar-refractivity contribution is -0.143. The first-order valence-corrected chi connectivity index (χ1v) is 9.55. The van der Waals surface area contributed by atoms with Crippen LogP contribution in [0.3, 0.4) is 0 Å². The van der Waals surface area contributed by atoms with Crippen molar-refractivity contribution in [3.63, 3.8) is 0 Å². The number of para-hydroxylation sites is 2. The predicted molar refractivity (Wildman–Crippen MR) is 97.5 cm³/mol. The van der Waals surface area contributed by atoms with E-state index in [-0.39, 0.29) is 12.0 Å². The third kappa shape index (κ3) is 2.95. The largest absolute Gasteiger partial charge is 0.368 e. The summed E-state index contributed by atoms with van der Waals surface area (Å²) in [4.78, 5) is 19.5. The highest BCUT2D eigenvalue weighted by molar-refractivity contribution is 5.81. The number of rotatable bonds is 3. The van der Waals surface area contributed by atoms with Crippen molar-refractivity contribution in [2.45, 2.75) is 51.7 Å². The molecule has 0 bridgehead atoms. The van der Waals surface area contributed by atoms with Crippen LogP contribution in [-0.4, -0.2) is 46.2 Å². The Kier molecular flexibility index (Phi) is 4.50. The second kappa shape index (κ2) is 6.79. The summed E-state index contributed by atoms with van der Waals surface area (Å²) in [5.74, 6) is 1.68. The molecular weight excluding hydrogens is 314 g/mol. The Morgan fingerprint density at radius 1 is 1.24 bits per heavy atom. The second-order valence-corrected chi connectivity index (χ2v) is 7.35. The second-order valence-electron chi connectivity index (χ2n) is 7.35. The molecule has 0 aliphatic carbocycles. The highest BCUT2D eigenvalue weighted by Gasteiger charge is 2.36. The SMILES string of the molecule is CCc1nc2ccccc2n1C1CCN(C(=O)[C@@H]2OCC[C@@H]2C)CC1. The molecule has 5 heteroatoms. The monoisotopic (exact) mass is 341 g/mol. The third-order valence-corrected chi connectivity index (χ3v) is 5.76. The Balaban J connectivity index is 1.50. The van der Waals surface area contributed by atoms with Crippen molar-refractivity contribution in [2.24, 2.45) is 5.92 Å². The summed E-state index contributed by atoms with van der Waals surface area (Å²) in [6.45, 7) is 6.62. The zero-order valence-electron chi connectivity index (χ0n) is 15.1. The van der Waals surface area contributed by atoms with Crippen LogP contribution in [0.5, 0.6) is 0 Å². The van der Waals surface area contributed by atoms with Gasteiger partial charge in [0.2, 0.25) is 0 Å². The molecule has 2 aromatic rings. The molecule has 5 nitrogen and oxygen atoms in total. The van der Waals surface area contributed by atoms with Gasteiger partial charge in [0, 0.05) is 32.2 Å². The minimum atomic E-state index is -0.225. The van der Waals surface area contributed by atoms with Crippen molar-refractivity contribution in [1.82, 2.24) is 14.5 Å². The molecular formula is C20H27N3O2. The zero-order valence-corrected chi connectivity index (χ0v) is 15.1. The van der Waals surface area contributed by atoms with Crippen LogP contribution in [0, 0.1) is 5.92 Å². The maximum Gasteiger partial charge on any atom is 0.251 e. The lowest BCUT2D eigenvalue weighted by Gasteiger charge is -2.35. The van der Waals surface area contributed by atoms with Gasteiger partial charge in [-0.15, -0.1) is 0 Å². The average Bonchev–Trinajstić information content (AvgIpc) is 3.24. The topological polar surface area (TPSA) is 47.4 Å². The van der Waals surface area contributed by atoms with E-state index in [1.165, 1.54) is 5.52 Å². The molecule has 0 N–H and O–H groups in total. The summed E-state index contributed by atoms with van der Waals surface area (Å²) in [7, 11) is 0. The van der Waals surface area contributed by atoms with E-state index < -0.39 is 0 Å². The molecule has 2 atom stereocenters. The van der Waals surface area contributed by atoms with Crippen molar-refractivity contribution < 1.29 is 9.53 Å². The van der Waals surface area contributed by atoms with Crippen LogP contribution < -0.4 is 0 Å². The van der Waals surface area contributed by atoms with E-state index in [0.29, 0.717) is 12.0 Å². The molecule has 1 aromatic carbocycles. The lowest BCUT2D eigenvalue weighted by atomic mass is 10.00. The smallest absolute Gasteiger partial charge is 0.251 e. The van der Waals surface area contributed by atoms with Crippen molar-refractivity contribution >= 4 is 16.9 Å². The van der Waals surface area contributed by atoms with Gasteiger partial charge in [0.05, 0.1) is 11.0 Å². The highest BCUT2D eigenvalue weighted by atomic mass is 16.5. The molecule has 1 aromatic heterocycles. The van der Waals surface area contributed by atoms with Crippen LogP contribution in [0.1, 0.15) is 45.0 Å². The molecule has 1 amide bonds. The number of aryl methyl sites for hydroxylation is 1. The fraction of sp³-hybridized carbons (Fsp3) is 0.600. The number of carbonyl (C=O) groups excluding carboxylic acids is 1. The fourth-order valence-corrected chi connectivity index (χ4v) is 4.29. The van der Waals surface area contributed by atoms with Gasteiger partial charge in [-0.2, -0.15) is 0 Å². The van der Waals surface area contributed by atoms with Gasteiger partial charge in [-0.25, -0.2) is 4.98 Å². The number of carbonyl (C=O) groups is 1. The quantitative estimate of drug-likeness (QED) is 0.861. The van der Waals surface area contributed by atoms with Gasteiger partial charge in [-0.1, -0.05) is 26.0 Å². The zero-order chi connectivity index (χ0) is 17.4. The van der Waals surface area contributed by atoms with Crippen LogP contribution in [0.25, 0.3) is 11.0 Å². The first kappa shape index (κ1) is 16.6. The van der Waals surface area contributed by atoms with Gasteiger partial charge >= 0.3 is 0 Å². The number of amides is 1. The molecule has 0 spiro atoms. The molecule has 25 heavy (non-hydrogen) atoms. The molecule has 2 aliphatic rings. The van der Waals surface area contributed by atoms with Crippen molar-refractivity contribution in [3.8, 4) is 0 Å². The Bertz CT molecular complexity index is 761. The van der Waals surface area contributed by atoms with Crippen molar-refractivity contribution in [2.75, 3.05) is 19.7 Å². The summed E-state index contributed by atoms with van der Waals surface area (Å²) in [5.41, 5.74) is 2.29. The molecule has 0 radical (unpaired) electrons. The van der Waals surface area contributed by atoms with E-state index in [2.05, 4.69) is 36.6 Å². The summed E-state index contributed by atoms with van der Waals surface area (Å²) in [5, 5.41) is 0. The Morgan fingerprint density at radius 2 is 2.00 bits per heavy atom. The average molecular weight is 341 g/mol. The van der Waals surface area contributed by atoms with Gasteiger partial charge in [0.15, 0.2) is 0 Å². The maximum absolute atomic E-state index is 12.7. The van der Waals surface area contributed by atoms with Gasteiger partial charge in [0.1, 0.15) is 11.9 Å². The van der Waals surface area contributed by atoms with Gasteiger partial charge in [-0.05, 0) is 37.3 Å². The van der Waals surface area contributed by atoms with E-state index in [0.717, 1.165) is 56.7 Å². The normalized spacial score (nSPS) is 25.0. The van der Waals surface area contributed by atoms with Gasteiger partial charge in [0.25, 0.3) is 5.91 Å². The van der Waals surface area contributed by atoms with Crippen LogP contribution in [0.4, 0.5) is 0 Å². The number of imidazole rings is 1. The summed E-state index contributed by atoms with van der Waals surface area (Å²) >= 11 is 0. The molecule has 134 valence electrons. The Morgan fingerprint density at radius 3 is 2.68 bits per heavy atom. The maximum atomic E-state index is 12.7. The molecule has 3 heterocycles. The van der Waals surface area contributed by atoms with Crippen LogP contribution in [-0.2, 0) is 16.0 Å². The summed E-state index contributed by atoms with van der Waals surface area (Å²) in [6.07, 6.45) is 3.67. The van der Waals surface area contributed by atoms with Gasteiger partial charge in [-0.3, -0.25) is 4.79 Å². The van der Waals surface area contributed by atoms with Crippen molar-refractivity contribution in [1.29, 1.82) is 0 Å². The van der Waals surface area contributed by atoms with Crippen molar-refractivity contribution in [3.05, 3.63) is 30.1 Å². The van der Waals surface area contributed by atoms with E-state index in [4.69, 9.17) is 9.72 Å². The molecule has 4 rings (SSSR count). The molecule has 0 saturated carbocycles. The highest BCUT2D eigenvalue weighted by Crippen LogP contribution is 2.30. The van der Waals surface area contributed by atoms with E-state index in [1.54, 1.807) is 0 Å². The lowest BCUT2D eigenvalue weighted by Crippen LogP contribution is -2.45. The minimum Gasteiger partial charge on any atom is -0.368 e. The number of hydrogen-bond donors (Lipinski definition) is 0. The molecule has 2 aliphatic heterocycles. The van der Waals surface area contributed by atoms with E-state index in [9.17, 15) is 4.79 Å². The molecule has 0 unspecified atom stereocenters. The Hall–Kier alpha value is -1.88. The van der Waals surface area contributed by atoms with E-state index in [1.807, 2.05) is 11.0 Å². The number of likely N-dealkylation sites (tertiary alicyclic amines) is 1. The number of nitrogens with zero attached hydrogens (tertiary/aromatic N) is 3. The number of piperidine rings is 1. The summed E-state index contributed by atoms with van der Waals surface area (Å²) < 4.78 is 8.08. The predicted octanol–water partition coefficient (Wildman–Crippen LogP) is 3.19. The first-order chi connectivity index (χ1) is 12.2. The minimum absolute atomic E-state index is 0.189.